The van der Waals surface area contributed by atoms with Gasteiger partial charge in [-0.15, -0.1) is 6.58 Å². The Morgan fingerprint density at radius 3 is 2.46 bits per heavy atom. The fourth-order valence-corrected chi connectivity index (χ4v) is 3.01. The Balaban J connectivity index is 1.89. The largest absolute Gasteiger partial charge is 0.355 e. The molecule has 0 spiro atoms. The Morgan fingerprint density at radius 2 is 1.82 bits per heavy atom. The molecule has 2 aromatic carbocycles. The summed E-state index contributed by atoms with van der Waals surface area (Å²) in [6.45, 7) is 3.92. The Kier molecular flexibility index (Phi) is 5.51. The fraction of sp³-hybridized carbons (Fsp3) is 0.100. The van der Waals surface area contributed by atoms with Gasteiger partial charge in [-0.3, -0.25) is 19.0 Å². The van der Waals surface area contributed by atoms with Crippen LogP contribution in [0.5, 0.6) is 0 Å². The zero-order valence-corrected chi connectivity index (χ0v) is 15.9. The van der Waals surface area contributed by atoms with Crippen LogP contribution in [0.1, 0.15) is 20.7 Å². The zero-order valence-electron chi connectivity index (χ0n) is 15.1. The topological polar surface area (TPSA) is 96.0 Å². The third kappa shape index (κ3) is 3.77. The number of hydrogen-bond acceptors (Lipinski definition) is 4. The van der Waals surface area contributed by atoms with E-state index in [9.17, 15) is 14.4 Å². The molecule has 0 aliphatic heterocycles. The number of nitrogens with one attached hydrogen (secondary N) is 3. The lowest BCUT2D eigenvalue weighted by atomic mass is 10.1. The Hall–Kier alpha value is -3.52. The third-order valence-electron chi connectivity index (χ3n) is 4.19. The third-order valence-corrected chi connectivity index (χ3v) is 4.51. The summed E-state index contributed by atoms with van der Waals surface area (Å²) in [6.07, 6.45) is 1.59. The number of aromatic amines is 1. The number of carbonyl (C=O) groups is 2. The lowest BCUT2D eigenvalue weighted by Crippen LogP contribution is -2.22. The lowest BCUT2D eigenvalue weighted by Gasteiger charge is -2.09. The molecular formula is C20H18N4O3S. The maximum Gasteiger partial charge on any atom is 0.262 e. The molecule has 0 unspecified atom stereocenters. The van der Waals surface area contributed by atoms with Crippen molar-refractivity contribution in [2.45, 2.75) is 6.54 Å². The van der Waals surface area contributed by atoms with Crippen LogP contribution in [-0.4, -0.2) is 28.4 Å². The molecule has 0 bridgehead atoms. The number of allylic oxidation sites excluding steroid dienone is 1. The van der Waals surface area contributed by atoms with Crippen LogP contribution in [0.2, 0.25) is 0 Å². The van der Waals surface area contributed by atoms with Gasteiger partial charge in [0.1, 0.15) is 0 Å². The quantitative estimate of drug-likeness (QED) is 0.458. The minimum absolute atomic E-state index is 0.204. The standard InChI is InChI=1S/C20H18N4O3S/c1-3-10-24-19(27)15-9-6-13(11-16(15)23-20(24)28)18(26)22-14-7-4-12(5-8-14)17(25)21-2/h3-9,11H,1,10H2,2H3,(H,21,25)(H,22,26)(H,23,28). The van der Waals surface area contributed by atoms with Crippen molar-refractivity contribution in [2.24, 2.45) is 0 Å². The number of fused-ring (bicyclic) bond motifs is 1. The summed E-state index contributed by atoms with van der Waals surface area (Å²) in [6, 6.07) is 11.3. The zero-order chi connectivity index (χ0) is 20.3. The van der Waals surface area contributed by atoms with Gasteiger partial charge < -0.3 is 15.6 Å². The molecule has 7 nitrogen and oxygen atoms in total. The normalized spacial score (nSPS) is 10.5. The number of H-pyrrole nitrogens is 1. The summed E-state index contributed by atoms with van der Waals surface area (Å²) < 4.78 is 1.66. The highest BCUT2D eigenvalue weighted by Gasteiger charge is 2.11. The molecule has 2 amide bonds. The molecule has 142 valence electrons. The number of benzene rings is 2. The molecule has 0 fully saturated rings. The molecule has 1 aromatic heterocycles. The molecule has 0 aliphatic rings. The van der Waals surface area contributed by atoms with Crippen molar-refractivity contribution in [3.8, 4) is 0 Å². The average Bonchev–Trinajstić information content (AvgIpc) is 2.70. The number of rotatable bonds is 5. The van der Waals surface area contributed by atoms with Gasteiger partial charge in [0, 0.05) is 30.4 Å². The molecule has 1 heterocycles. The number of aromatic nitrogens is 2. The summed E-state index contributed by atoms with van der Waals surface area (Å²) >= 11 is 5.22. The van der Waals surface area contributed by atoms with E-state index in [1.807, 2.05) is 0 Å². The number of nitrogens with zero attached hydrogens (tertiary/aromatic N) is 1. The molecule has 3 aromatic rings. The maximum absolute atomic E-state index is 12.5. The van der Waals surface area contributed by atoms with Crippen LogP contribution in [0.3, 0.4) is 0 Å². The van der Waals surface area contributed by atoms with Crippen LogP contribution in [0.15, 0.2) is 59.9 Å². The van der Waals surface area contributed by atoms with Crippen molar-refractivity contribution in [3.05, 3.63) is 81.4 Å². The summed E-state index contributed by atoms with van der Waals surface area (Å²) in [5.74, 6) is -0.547. The predicted octanol–water partition coefficient (Wildman–Crippen LogP) is 2.86. The van der Waals surface area contributed by atoms with Crippen LogP contribution in [0.25, 0.3) is 10.9 Å². The van der Waals surface area contributed by atoms with E-state index in [2.05, 4.69) is 22.2 Å². The van der Waals surface area contributed by atoms with Crippen molar-refractivity contribution in [1.29, 1.82) is 0 Å². The van der Waals surface area contributed by atoms with E-state index in [1.165, 1.54) is 4.57 Å². The number of anilines is 1. The van der Waals surface area contributed by atoms with Gasteiger partial charge in [0.2, 0.25) is 0 Å². The minimum atomic E-state index is -0.343. The van der Waals surface area contributed by atoms with Gasteiger partial charge in [-0.05, 0) is 54.7 Å². The van der Waals surface area contributed by atoms with Crippen LogP contribution >= 0.6 is 12.2 Å². The van der Waals surface area contributed by atoms with Gasteiger partial charge in [0.25, 0.3) is 17.4 Å². The van der Waals surface area contributed by atoms with Gasteiger partial charge in [0.05, 0.1) is 10.9 Å². The number of hydrogen-bond donors (Lipinski definition) is 3. The van der Waals surface area contributed by atoms with Gasteiger partial charge in [-0.25, -0.2) is 0 Å². The van der Waals surface area contributed by atoms with Crippen LogP contribution < -0.4 is 16.2 Å². The van der Waals surface area contributed by atoms with Gasteiger partial charge in [-0.2, -0.15) is 0 Å². The minimum Gasteiger partial charge on any atom is -0.355 e. The molecule has 0 aliphatic carbocycles. The fourth-order valence-electron chi connectivity index (χ4n) is 2.74. The smallest absolute Gasteiger partial charge is 0.262 e. The Morgan fingerprint density at radius 1 is 1.14 bits per heavy atom. The molecule has 8 heteroatoms. The van der Waals surface area contributed by atoms with E-state index < -0.39 is 0 Å². The van der Waals surface area contributed by atoms with Crippen molar-refractivity contribution in [1.82, 2.24) is 14.9 Å². The van der Waals surface area contributed by atoms with Gasteiger partial charge in [0.15, 0.2) is 4.77 Å². The highest BCUT2D eigenvalue weighted by atomic mass is 32.1. The molecule has 28 heavy (non-hydrogen) atoms. The first kappa shape index (κ1) is 19.2. The highest BCUT2D eigenvalue weighted by molar-refractivity contribution is 7.71. The Labute approximate surface area is 165 Å². The van der Waals surface area contributed by atoms with Crippen molar-refractivity contribution in [3.63, 3.8) is 0 Å². The number of amides is 2. The second-order valence-electron chi connectivity index (χ2n) is 6.01. The first-order valence-corrected chi connectivity index (χ1v) is 8.86. The summed E-state index contributed by atoms with van der Waals surface area (Å²) in [5, 5.41) is 5.73. The van der Waals surface area contributed by atoms with Crippen molar-refractivity contribution in [2.75, 3.05) is 12.4 Å². The summed E-state index contributed by atoms with van der Waals surface area (Å²) in [7, 11) is 1.55. The average molecular weight is 394 g/mol. The van der Waals surface area contributed by atoms with Crippen molar-refractivity contribution < 1.29 is 9.59 Å². The molecule has 0 saturated carbocycles. The van der Waals surface area contributed by atoms with E-state index in [0.29, 0.717) is 34.3 Å². The van der Waals surface area contributed by atoms with E-state index in [-0.39, 0.29) is 22.1 Å². The monoisotopic (exact) mass is 394 g/mol. The Bertz CT molecular complexity index is 1190. The van der Waals surface area contributed by atoms with Crippen LogP contribution in [0, 0.1) is 4.77 Å². The molecule has 0 atom stereocenters. The molecular weight excluding hydrogens is 376 g/mol. The van der Waals surface area contributed by atoms with E-state index in [1.54, 1.807) is 55.6 Å². The van der Waals surface area contributed by atoms with Crippen LogP contribution in [-0.2, 0) is 6.54 Å². The molecule has 0 radical (unpaired) electrons. The van der Waals surface area contributed by atoms with Gasteiger partial charge in [-0.1, -0.05) is 6.08 Å². The first-order valence-electron chi connectivity index (χ1n) is 8.46. The first-order chi connectivity index (χ1) is 13.4. The lowest BCUT2D eigenvalue weighted by molar-refractivity contribution is 0.0962. The predicted molar refractivity (Wildman–Crippen MR) is 111 cm³/mol. The summed E-state index contributed by atoms with van der Waals surface area (Å²) in [5.41, 5.74) is 1.66. The van der Waals surface area contributed by atoms with E-state index in [4.69, 9.17) is 12.2 Å². The van der Waals surface area contributed by atoms with E-state index in [0.717, 1.165) is 0 Å². The van der Waals surface area contributed by atoms with Crippen molar-refractivity contribution >= 4 is 40.6 Å². The van der Waals surface area contributed by atoms with Crippen LogP contribution in [0.4, 0.5) is 5.69 Å². The van der Waals surface area contributed by atoms with E-state index >= 15 is 0 Å². The second-order valence-corrected chi connectivity index (χ2v) is 6.39. The summed E-state index contributed by atoms with van der Waals surface area (Å²) in [4.78, 5) is 39.6. The SMILES string of the molecule is C=CCn1c(=S)[nH]c2cc(C(=O)Nc3ccc(C(=O)NC)cc3)ccc2c1=O. The molecule has 0 saturated heterocycles. The molecule has 3 N–H and O–H groups in total. The number of carbonyl (C=O) groups excluding carboxylic acids is 2. The highest BCUT2D eigenvalue weighted by Crippen LogP contribution is 2.15. The maximum atomic E-state index is 12.5. The second kappa shape index (κ2) is 8.01. The molecule has 3 rings (SSSR count). The van der Waals surface area contributed by atoms with Gasteiger partial charge >= 0.3 is 0 Å².